The van der Waals surface area contributed by atoms with Crippen molar-refractivity contribution in [3.8, 4) is 11.8 Å². The van der Waals surface area contributed by atoms with Crippen LogP contribution in [0.1, 0.15) is 21.7 Å². The Morgan fingerprint density at radius 1 is 1.50 bits per heavy atom. The van der Waals surface area contributed by atoms with E-state index in [1.807, 2.05) is 0 Å². The van der Waals surface area contributed by atoms with E-state index >= 15 is 0 Å². The molecule has 1 aromatic heterocycles. The van der Waals surface area contributed by atoms with Gasteiger partial charge in [0.05, 0.1) is 12.1 Å². The van der Waals surface area contributed by atoms with Crippen LogP contribution in [0.4, 0.5) is 4.39 Å². The van der Waals surface area contributed by atoms with Crippen molar-refractivity contribution in [2.75, 3.05) is 6.61 Å². The Morgan fingerprint density at radius 3 is 3.05 bits per heavy atom. The first kappa shape index (κ1) is 13.6. The average Bonchev–Trinajstić information content (AvgIpc) is 2.96. The zero-order valence-corrected chi connectivity index (χ0v) is 10.2. The highest BCUT2D eigenvalue weighted by Gasteiger charge is 2.12. The molecule has 0 saturated carbocycles. The lowest BCUT2D eigenvalue weighted by molar-refractivity contribution is 0.0949. The molecule has 1 amide bonds. The number of carbonyl (C=O) groups is 1. The minimum absolute atomic E-state index is 0.0543. The molecule has 0 saturated heterocycles. The molecule has 0 aliphatic heterocycles. The number of tetrazole rings is 1. The number of carbonyl (C=O) groups excluding carboxylic acids is 1. The van der Waals surface area contributed by atoms with Crippen molar-refractivity contribution >= 4 is 5.91 Å². The fraction of sp³-hybridized carbons (Fsp3) is 0.167. The first-order chi connectivity index (χ1) is 9.70. The van der Waals surface area contributed by atoms with Gasteiger partial charge in [-0.05, 0) is 18.2 Å². The lowest BCUT2D eigenvalue weighted by Crippen LogP contribution is -2.24. The van der Waals surface area contributed by atoms with E-state index in [2.05, 4.69) is 37.8 Å². The smallest absolute Gasteiger partial charge is 0.253 e. The van der Waals surface area contributed by atoms with Crippen molar-refractivity contribution in [2.45, 2.75) is 6.54 Å². The number of aromatic nitrogens is 4. The standard InChI is InChI=1S/C12H10FN5O2/c13-9-4-3-8(2-1-5-19)10(6-9)12(20)14-7-11-15-17-18-16-11/h3-4,6,19H,5,7H2,(H,14,20)(H,15,16,17,18). The fourth-order valence-electron chi connectivity index (χ4n) is 1.46. The third kappa shape index (κ3) is 3.37. The van der Waals surface area contributed by atoms with Crippen LogP contribution in [0.2, 0.25) is 0 Å². The number of nitrogens with one attached hydrogen (secondary N) is 2. The summed E-state index contributed by atoms with van der Waals surface area (Å²) in [6, 6.07) is 3.64. The van der Waals surface area contributed by atoms with Gasteiger partial charge in [0, 0.05) is 5.56 Å². The number of halogens is 1. The first-order valence-corrected chi connectivity index (χ1v) is 5.60. The van der Waals surface area contributed by atoms with Gasteiger partial charge in [-0.3, -0.25) is 4.79 Å². The van der Waals surface area contributed by atoms with Crippen molar-refractivity contribution in [3.63, 3.8) is 0 Å². The maximum atomic E-state index is 13.2. The molecule has 0 aliphatic rings. The van der Waals surface area contributed by atoms with Crippen molar-refractivity contribution < 1.29 is 14.3 Å². The monoisotopic (exact) mass is 275 g/mol. The van der Waals surface area contributed by atoms with Crippen LogP contribution in [0.5, 0.6) is 0 Å². The lowest BCUT2D eigenvalue weighted by Gasteiger charge is -2.05. The molecule has 0 bridgehead atoms. The van der Waals surface area contributed by atoms with Crippen molar-refractivity contribution in [1.29, 1.82) is 0 Å². The summed E-state index contributed by atoms with van der Waals surface area (Å²) >= 11 is 0. The van der Waals surface area contributed by atoms with Crippen LogP contribution in [0.3, 0.4) is 0 Å². The highest BCUT2D eigenvalue weighted by Crippen LogP contribution is 2.10. The SMILES string of the molecule is O=C(NCc1nn[nH]n1)c1cc(F)ccc1C#CCO. The van der Waals surface area contributed by atoms with Crippen LogP contribution < -0.4 is 5.32 Å². The molecule has 2 rings (SSSR count). The van der Waals surface area contributed by atoms with E-state index in [0.717, 1.165) is 6.07 Å². The van der Waals surface area contributed by atoms with E-state index in [0.29, 0.717) is 11.4 Å². The molecule has 1 aromatic carbocycles. The number of hydrogen-bond acceptors (Lipinski definition) is 5. The Balaban J connectivity index is 2.17. The van der Waals surface area contributed by atoms with E-state index < -0.39 is 11.7 Å². The second kappa shape index (κ2) is 6.40. The number of nitrogens with zero attached hydrogens (tertiary/aromatic N) is 3. The summed E-state index contributed by atoms with van der Waals surface area (Å²) in [7, 11) is 0. The van der Waals surface area contributed by atoms with Gasteiger partial charge >= 0.3 is 0 Å². The number of aliphatic hydroxyl groups is 1. The van der Waals surface area contributed by atoms with Crippen LogP contribution in [-0.4, -0.2) is 38.2 Å². The number of hydrogen-bond donors (Lipinski definition) is 3. The summed E-state index contributed by atoms with van der Waals surface area (Å²) in [6.07, 6.45) is 0. The highest BCUT2D eigenvalue weighted by molar-refractivity contribution is 5.96. The Kier molecular flexibility index (Phi) is 4.36. The maximum absolute atomic E-state index is 13.2. The van der Waals surface area contributed by atoms with Gasteiger partial charge in [-0.15, -0.1) is 10.2 Å². The molecule has 1 heterocycles. The zero-order valence-electron chi connectivity index (χ0n) is 10.2. The summed E-state index contributed by atoms with van der Waals surface area (Å²) in [5.74, 6) is 4.23. The minimum Gasteiger partial charge on any atom is -0.384 e. The van der Waals surface area contributed by atoms with Crippen LogP contribution in [0.15, 0.2) is 18.2 Å². The maximum Gasteiger partial charge on any atom is 0.253 e. The van der Waals surface area contributed by atoms with E-state index in [4.69, 9.17) is 5.11 Å². The third-order valence-corrected chi connectivity index (χ3v) is 2.32. The van der Waals surface area contributed by atoms with E-state index in [-0.39, 0.29) is 18.7 Å². The Hall–Kier alpha value is -2.79. The summed E-state index contributed by atoms with van der Waals surface area (Å²) in [5, 5.41) is 24.1. The van der Waals surface area contributed by atoms with Gasteiger partial charge in [0.15, 0.2) is 5.82 Å². The van der Waals surface area contributed by atoms with Gasteiger partial charge in [0.25, 0.3) is 5.91 Å². The quantitative estimate of drug-likeness (QED) is 0.662. The summed E-state index contributed by atoms with van der Waals surface area (Å²) in [5.41, 5.74) is 0.403. The zero-order chi connectivity index (χ0) is 14.4. The van der Waals surface area contributed by atoms with Crippen molar-refractivity contribution in [1.82, 2.24) is 25.9 Å². The summed E-state index contributed by atoms with van der Waals surface area (Å²) in [4.78, 5) is 12.0. The topological polar surface area (TPSA) is 104 Å². The molecule has 3 N–H and O–H groups in total. The summed E-state index contributed by atoms with van der Waals surface area (Å²) < 4.78 is 13.2. The highest BCUT2D eigenvalue weighted by atomic mass is 19.1. The van der Waals surface area contributed by atoms with Gasteiger partial charge < -0.3 is 10.4 Å². The van der Waals surface area contributed by atoms with Gasteiger partial charge in [-0.2, -0.15) is 5.21 Å². The molecule has 8 heteroatoms. The predicted molar refractivity (Wildman–Crippen MR) is 65.7 cm³/mol. The van der Waals surface area contributed by atoms with Crippen molar-refractivity contribution in [2.24, 2.45) is 0 Å². The van der Waals surface area contributed by atoms with Crippen LogP contribution in [0, 0.1) is 17.7 Å². The molecule has 7 nitrogen and oxygen atoms in total. The second-order valence-electron chi connectivity index (χ2n) is 3.66. The number of amides is 1. The molecular formula is C12H10FN5O2. The molecule has 0 aliphatic carbocycles. The van der Waals surface area contributed by atoms with E-state index in [9.17, 15) is 9.18 Å². The molecule has 0 radical (unpaired) electrons. The third-order valence-electron chi connectivity index (χ3n) is 2.32. The molecule has 0 unspecified atom stereocenters. The van der Waals surface area contributed by atoms with E-state index in [1.165, 1.54) is 12.1 Å². The van der Waals surface area contributed by atoms with Crippen LogP contribution >= 0.6 is 0 Å². The average molecular weight is 275 g/mol. The largest absolute Gasteiger partial charge is 0.384 e. The molecule has 2 aromatic rings. The number of aliphatic hydroxyl groups excluding tert-OH is 1. The second-order valence-corrected chi connectivity index (χ2v) is 3.66. The molecule has 102 valence electrons. The van der Waals surface area contributed by atoms with Crippen LogP contribution in [0.25, 0.3) is 0 Å². The summed E-state index contributed by atoms with van der Waals surface area (Å²) in [6.45, 7) is -0.292. The molecule has 0 spiro atoms. The Morgan fingerprint density at radius 2 is 2.35 bits per heavy atom. The first-order valence-electron chi connectivity index (χ1n) is 5.60. The van der Waals surface area contributed by atoms with Crippen molar-refractivity contribution in [3.05, 3.63) is 41.0 Å². The van der Waals surface area contributed by atoms with E-state index in [1.54, 1.807) is 0 Å². The molecule has 20 heavy (non-hydrogen) atoms. The molecule has 0 atom stereocenters. The minimum atomic E-state index is -0.552. The number of rotatable bonds is 3. The molecule has 0 fully saturated rings. The molecular weight excluding hydrogens is 265 g/mol. The number of benzene rings is 1. The van der Waals surface area contributed by atoms with Gasteiger partial charge in [0.2, 0.25) is 0 Å². The van der Waals surface area contributed by atoms with Gasteiger partial charge in [-0.25, -0.2) is 4.39 Å². The Labute approximate surface area is 113 Å². The Bertz CT molecular complexity index is 660. The number of H-pyrrole nitrogens is 1. The lowest BCUT2D eigenvalue weighted by atomic mass is 10.1. The fourth-order valence-corrected chi connectivity index (χ4v) is 1.46. The number of aromatic amines is 1. The van der Waals surface area contributed by atoms with Gasteiger partial charge in [-0.1, -0.05) is 17.1 Å². The van der Waals surface area contributed by atoms with Gasteiger partial charge in [0.1, 0.15) is 12.4 Å². The predicted octanol–water partition coefficient (Wildman–Crippen LogP) is -0.387. The van der Waals surface area contributed by atoms with Crippen LogP contribution in [-0.2, 0) is 6.54 Å². The normalized spacial score (nSPS) is 9.70.